The fourth-order valence-corrected chi connectivity index (χ4v) is 4.43. The van der Waals surface area contributed by atoms with Gasteiger partial charge in [0.15, 0.2) is 11.5 Å². The molecule has 0 bridgehead atoms. The predicted octanol–water partition coefficient (Wildman–Crippen LogP) is 4.51. The summed E-state index contributed by atoms with van der Waals surface area (Å²) in [6.45, 7) is 2.36. The van der Waals surface area contributed by atoms with Crippen molar-refractivity contribution >= 4 is 34.8 Å². The van der Waals surface area contributed by atoms with Crippen LogP contribution in [0.15, 0.2) is 53.9 Å². The average Bonchev–Trinajstić information content (AvgIpc) is 3.36. The molecule has 3 heterocycles. The molecule has 2 amide bonds. The molecule has 2 aromatic carbocycles. The lowest BCUT2D eigenvalue weighted by Gasteiger charge is -2.28. The Morgan fingerprint density at radius 2 is 1.79 bits per heavy atom. The van der Waals surface area contributed by atoms with E-state index < -0.39 is 0 Å². The lowest BCUT2D eigenvalue weighted by Crippen LogP contribution is -2.41. The molecule has 0 saturated carbocycles. The zero-order valence-corrected chi connectivity index (χ0v) is 16.5. The van der Waals surface area contributed by atoms with Crippen molar-refractivity contribution in [2.75, 3.05) is 6.79 Å². The van der Waals surface area contributed by atoms with Gasteiger partial charge in [0.2, 0.25) is 6.79 Å². The maximum absolute atomic E-state index is 13.4. The summed E-state index contributed by atoms with van der Waals surface area (Å²) in [4.78, 5) is 28.8. The molecule has 6 heteroatoms. The molecule has 0 saturated heterocycles. The number of benzene rings is 2. The Bertz CT molecular complexity index is 1180. The number of carbonyl (C=O) groups is 2. The summed E-state index contributed by atoms with van der Waals surface area (Å²) >= 11 is 1.58. The van der Waals surface area contributed by atoms with Gasteiger partial charge in [0.25, 0.3) is 11.8 Å². The second-order valence-electron chi connectivity index (χ2n) is 6.96. The molecule has 3 aromatic rings. The number of thiophene rings is 1. The molecule has 0 aliphatic carbocycles. The van der Waals surface area contributed by atoms with E-state index in [0.717, 1.165) is 16.0 Å². The van der Waals surface area contributed by atoms with E-state index in [0.29, 0.717) is 28.2 Å². The van der Waals surface area contributed by atoms with Crippen LogP contribution in [0, 0.1) is 6.92 Å². The third kappa shape index (κ3) is 3.02. The molecule has 0 atom stereocenters. The Morgan fingerprint density at radius 1 is 1.00 bits per heavy atom. The molecule has 5 rings (SSSR count). The van der Waals surface area contributed by atoms with E-state index in [4.69, 9.17) is 9.47 Å². The summed E-state index contributed by atoms with van der Waals surface area (Å²) in [6, 6.07) is 14.8. The number of ether oxygens (including phenoxy) is 2. The second-order valence-corrected chi connectivity index (χ2v) is 7.90. The summed E-state index contributed by atoms with van der Waals surface area (Å²) in [5.74, 6) is 0.719. The Labute approximate surface area is 171 Å². The minimum absolute atomic E-state index is 0.170. The van der Waals surface area contributed by atoms with Gasteiger partial charge in [0.1, 0.15) is 0 Å². The Hall–Kier alpha value is -3.38. The number of rotatable bonds is 3. The van der Waals surface area contributed by atoms with Crippen LogP contribution in [0.4, 0.5) is 0 Å². The normalized spacial score (nSPS) is 16.4. The first-order valence-electron chi connectivity index (χ1n) is 9.22. The monoisotopic (exact) mass is 403 g/mol. The van der Waals surface area contributed by atoms with Crippen LogP contribution in [0.25, 0.3) is 11.6 Å². The van der Waals surface area contributed by atoms with Crippen molar-refractivity contribution in [3.05, 3.63) is 81.0 Å². The van der Waals surface area contributed by atoms with Gasteiger partial charge in [0.05, 0.1) is 6.54 Å². The Kier molecular flexibility index (Phi) is 4.21. The number of aryl methyl sites for hydroxylation is 1. The third-order valence-corrected chi connectivity index (χ3v) is 6.09. The molecule has 2 aliphatic rings. The fourth-order valence-electron chi connectivity index (χ4n) is 3.57. The Balaban J connectivity index is 1.56. The lowest BCUT2D eigenvalue weighted by molar-refractivity contribution is -0.123. The quantitative estimate of drug-likeness (QED) is 0.477. The molecular weight excluding hydrogens is 386 g/mol. The standard InChI is InChI=1S/C23H17NO4S/c1-14-8-9-29-21(14)11-18-16-4-2-3-5-17(16)22(25)24(23(18)26)12-15-6-7-19-20(10-15)28-13-27-19/h2-11H,12-13H2,1H3/b18-11-. The summed E-state index contributed by atoms with van der Waals surface area (Å²) in [7, 11) is 0. The third-order valence-electron chi connectivity index (χ3n) is 5.12. The molecule has 1 aromatic heterocycles. The molecule has 144 valence electrons. The van der Waals surface area contributed by atoms with Gasteiger partial charge in [-0.15, -0.1) is 11.3 Å². The van der Waals surface area contributed by atoms with Crippen molar-refractivity contribution in [3.63, 3.8) is 0 Å². The van der Waals surface area contributed by atoms with Crippen LogP contribution in [0.5, 0.6) is 11.5 Å². The number of carbonyl (C=O) groups excluding carboxylic acids is 2. The number of imide groups is 1. The van der Waals surface area contributed by atoms with Gasteiger partial charge >= 0.3 is 0 Å². The van der Waals surface area contributed by atoms with Crippen molar-refractivity contribution in [2.24, 2.45) is 0 Å². The van der Waals surface area contributed by atoms with Crippen LogP contribution in [-0.4, -0.2) is 23.5 Å². The zero-order valence-electron chi connectivity index (χ0n) is 15.7. The predicted molar refractivity (Wildman–Crippen MR) is 111 cm³/mol. The van der Waals surface area contributed by atoms with Gasteiger partial charge in [0, 0.05) is 16.0 Å². The van der Waals surface area contributed by atoms with Gasteiger partial charge in [-0.1, -0.05) is 24.3 Å². The highest BCUT2D eigenvalue weighted by Gasteiger charge is 2.35. The molecule has 0 fully saturated rings. The Morgan fingerprint density at radius 3 is 2.59 bits per heavy atom. The summed E-state index contributed by atoms with van der Waals surface area (Å²) in [5.41, 5.74) is 3.66. The molecular formula is C23H17NO4S. The first kappa shape index (κ1) is 17.7. The van der Waals surface area contributed by atoms with Crippen molar-refractivity contribution in [1.29, 1.82) is 0 Å². The number of hydrogen-bond donors (Lipinski definition) is 0. The first-order chi connectivity index (χ1) is 14.1. The second kappa shape index (κ2) is 6.90. The van der Waals surface area contributed by atoms with Crippen molar-refractivity contribution in [2.45, 2.75) is 13.5 Å². The lowest BCUT2D eigenvalue weighted by atomic mass is 9.92. The molecule has 0 unspecified atom stereocenters. The number of amides is 2. The average molecular weight is 403 g/mol. The van der Waals surface area contributed by atoms with Crippen molar-refractivity contribution < 1.29 is 19.1 Å². The minimum atomic E-state index is -0.292. The highest BCUT2D eigenvalue weighted by Crippen LogP contribution is 2.35. The highest BCUT2D eigenvalue weighted by molar-refractivity contribution is 7.11. The van der Waals surface area contributed by atoms with Crippen LogP contribution >= 0.6 is 11.3 Å². The van der Waals surface area contributed by atoms with E-state index in [1.807, 2.05) is 54.8 Å². The highest BCUT2D eigenvalue weighted by atomic mass is 32.1. The van der Waals surface area contributed by atoms with Crippen LogP contribution < -0.4 is 9.47 Å². The van der Waals surface area contributed by atoms with Gasteiger partial charge in [-0.05, 0) is 59.3 Å². The van der Waals surface area contributed by atoms with Crippen LogP contribution in [0.2, 0.25) is 0 Å². The maximum atomic E-state index is 13.4. The minimum Gasteiger partial charge on any atom is -0.454 e. The molecule has 2 aliphatic heterocycles. The molecule has 0 spiro atoms. The summed E-state index contributed by atoms with van der Waals surface area (Å²) in [6.07, 6.45) is 1.89. The van der Waals surface area contributed by atoms with Gasteiger partial charge in [-0.3, -0.25) is 14.5 Å². The van der Waals surface area contributed by atoms with E-state index in [2.05, 4.69) is 0 Å². The van der Waals surface area contributed by atoms with E-state index in [1.165, 1.54) is 4.90 Å². The number of hydrogen-bond acceptors (Lipinski definition) is 5. The van der Waals surface area contributed by atoms with E-state index in [-0.39, 0.29) is 25.2 Å². The molecule has 5 nitrogen and oxygen atoms in total. The van der Waals surface area contributed by atoms with Crippen LogP contribution in [-0.2, 0) is 11.3 Å². The maximum Gasteiger partial charge on any atom is 0.261 e. The number of fused-ring (bicyclic) bond motifs is 2. The van der Waals surface area contributed by atoms with E-state index >= 15 is 0 Å². The van der Waals surface area contributed by atoms with E-state index in [9.17, 15) is 9.59 Å². The number of nitrogens with zero attached hydrogens (tertiary/aromatic N) is 1. The SMILES string of the molecule is Cc1ccsc1/C=C1\C(=O)N(Cc2ccc3c(c2)OCO3)C(=O)c2ccccc21. The van der Waals surface area contributed by atoms with Crippen LogP contribution in [0.3, 0.4) is 0 Å². The first-order valence-corrected chi connectivity index (χ1v) is 10.1. The van der Waals surface area contributed by atoms with E-state index in [1.54, 1.807) is 23.5 Å². The summed E-state index contributed by atoms with van der Waals surface area (Å²) < 4.78 is 10.8. The molecule has 0 N–H and O–H groups in total. The largest absolute Gasteiger partial charge is 0.454 e. The van der Waals surface area contributed by atoms with Crippen LogP contribution in [0.1, 0.15) is 31.9 Å². The van der Waals surface area contributed by atoms with Gasteiger partial charge in [-0.25, -0.2) is 0 Å². The summed E-state index contributed by atoms with van der Waals surface area (Å²) in [5, 5.41) is 2.00. The smallest absolute Gasteiger partial charge is 0.261 e. The van der Waals surface area contributed by atoms with Crippen molar-refractivity contribution in [3.8, 4) is 11.5 Å². The van der Waals surface area contributed by atoms with Crippen molar-refractivity contribution in [1.82, 2.24) is 4.90 Å². The van der Waals surface area contributed by atoms with Gasteiger partial charge < -0.3 is 9.47 Å². The fraction of sp³-hybridized carbons (Fsp3) is 0.130. The molecule has 0 radical (unpaired) electrons. The zero-order chi connectivity index (χ0) is 20.0. The topological polar surface area (TPSA) is 55.8 Å². The molecule has 29 heavy (non-hydrogen) atoms. The van der Waals surface area contributed by atoms with Gasteiger partial charge in [-0.2, -0.15) is 0 Å².